The zero-order chi connectivity index (χ0) is 10.9. The molecule has 5 heteroatoms. The van der Waals surface area contributed by atoms with Gasteiger partial charge in [-0.15, -0.1) is 0 Å². The van der Waals surface area contributed by atoms with Crippen molar-refractivity contribution in [1.82, 2.24) is 0 Å². The maximum atomic E-state index is 13.0. The highest BCUT2D eigenvalue weighted by Gasteiger charge is 2.15. The Hall–Kier alpha value is -0.670. The van der Waals surface area contributed by atoms with Gasteiger partial charge >= 0.3 is 0 Å². The Kier molecular flexibility index (Phi) is 3.45. The monoisotopic (exact) mass is 237 g/mol. The molecule has 0 aliphatic rings. The fourth-order valence-corrected chi connectivity index (χ4v) is 1.45. The number of nitrogens with two attached hydrogens (primary N) is 1. The van der Waals surface area contributed by atoms with E-state index in [2.05, 4.69) is 0 Å². The summed E-state index contributed by atoms with van der Waals surface area (Å²) in [6, 6.07) is 1.08. The standard InChI is InChI=1S/C9H10Cl2FNO/c1-4(2)14-9-5(10)3-6(12)8(13)7(9)11/h3-4H,13H2,1-2H3. The molecule has 2 N–H and O–H groups in total. The van der Waals surface area contributed by atoms with Crippen molar-refractivity contribution < 1.29 is 9.13 Å². The molecule has 0 aliphatic carbocycles. The summed E-state index contributed by atoms with van der Waals surface area (Å²) in [6.45, 7) is 3.62. The van der Waals surface area contributed by atoms with Crippen LogP contribution in [-0.4, -0.2) is 6.10 Å². The van der Waals surface area contributed by atoms with Crippen molar-refractivity contribution in [2.24, 2.45) is 0 Å². The minimum absolute atomic E-state index is 0.0173. The van der Waals surface area contributed by atoms with Gasteiger partial charge in [0.2, 0.25) is 0 Å². The molecular weight excluding hydrogens is 228 g/mol. The van der Waals surface area contributed by atoms with Crippen LogP contribution in [0, 0.1) is 5.82 Å². The van der Waals surface area contributed by atoms with E-state index in [4.69, 9.17) is 33.7 Å². The van der Waals surface area contributed by atoms with Crippen LogP contribution in [0.5, 0.6) is 5.75 Å². The Balaban J connectivity index is 3.22. The highest BCUT2D eigenvalue weighted by Crippen LogP contribution is 2.39. The first kappa shape index (κ1) is 11.4. The van der Waals surface area contributed by atoms with E-state index < -0.39 is 5.82 Å². The lowest BCUT2D eigenvalue weighted by molar-refractivity contribution is 0.242. The number of ether oxygens (including phenoxy) is 1. The van der Waals surface area contributed by atoms with Crippen LogP contribution in [0.3, 0.4) is 0 Å². The molecular formula is C9H10Cl2FNO. The van der Waals surface area contributed by atoms with E-state index in [1.54, 1.807) is 0 Å². The van der Waals surface area contributed by atoms with Crippen molar-refractivity contribution in [3.8, 4) is 5.75 Å². The lowest BCUT2D eigenvalue weighted by Gasteiger charge is -2.14. The van der Waals surface area contributed by atoms with Crippen LogP contribution in [-0.2, 0) is 0 Å². The molecule has 0 amide bonds. The van der Waals surface area contributed by atoms with Crippen LogP contribution in [0.25, 0.3) is 0 Å². The van der Waals surface area contributed by atoms with Crippen LogP contribution in [0.1, 0.15) is 13.8 Å². The molecule has 0 spiro atoms. The van der Waals surface area contributed by atoms with Crippen LogP contribution < -0.4 is 10.5 Å². The molecule has 2 nitrogen and oxygen atoms in total. The second-order valence-electron chi connectivity index (χ2n) is 3.06. The Morgan fingerprint density at radius 1 is 1.43 bits per heavy atom. The molecule has 0 fully saturated rings. The number of halogens is 3. The molecule has 0 radical (unpaired) electrons. The molecule has 14 heavy (non-hydrogen) atoms. The van der Waals surface area contributed by atoms with E-state index in [1.165, 1.54) is 0 Å². The Morgan fingerprint density at radius 3 is 2.50 bits per heavy atom. The summed E-state index contributed by atoms with van der Waals surface area (Å²) in [4.78, 5) is 0. The number of hydrogen-bond donors (Lipinski definition) is 1. The van der Waals surface area contributed by atoms with Gasteiger partial charge in [-0.1, -0.05) is 23.2 Å². The molecule has 78 valence electrons. The first-order chi connectivity index (χ1) is 6.43. The summed E-state index contributed by atoms with van der Waals surface area (Å²) in [5, 5.41) is 0.138. The third kappa shape index (κ3) is 2.22. The molecule has 1 aromatic carbocycles. The van der Waals surface area contributed by atoms with E-state index in [-0.39, 0.29) is 27.6 Å². The molecule has 0 bridgehead atoms. The van der Waals surface area contributed by atoms with Crippen molar-refractivity contribution in [2.75, 3.05) is 5.73 Å². The van der Waals surface area contributed by atoms with E-state index in [9.17, 15) is 4.39 Å². The minimum Gasteiger partial charge on any atom is -0.488 e. The summed E-state index contributed by atoms with van der Waals surface area (Å²) < 4.78 is 18.3. The Morgan fingerprint density at radius 2 is 2.00 bits per heavy atom. The summed E-state index contributed by atoms with van der Waals surface area (Å²) in [5.41, 5.74) is 5.24. The Labute approximate surface area is 91.8 Å². The van der Waals surface area contributed by atoms with Gasteiger partial charge in [-0.05, 0) is 19.9 Å². The normalized spacial score (nSPS) is 10.7. The van der Waals surface area contributed by atoms with Gasteiger partial charge in [0.05, 0.1) is 16.8 Å². The molecule has 1 rings (SSSR count). The highest BCUT2D eigenvalue weighted by atomic mass is 35.5. The summed E-state index contributed by atoms with van der Waals surface area (Å²) in [7, 11) is 0. The number of anilines is 1. The number of hydrogen-bond acceptors (Lipinski definition) is 2. The van der Waals surface area contributed by atoms with Gasteiger partial charge in [-0.25, -0.2) is 4.39 Å². The van der Waals surface area contributed by atoms with Crippen LogP contribution >= 0.6 is 23.2 Å². The average molecular weight is 238 g/mol. The molecule has 0 heterocycles. The predicted molar refractivity (Wildman–Crippen MR) is 56.6 cm³/mol. The van der Waals surface area contributed by atoms with Gasteiger partial charge in [0.15, 0.2) is 5.75 Å². The van der Waals surface area contributed by atoms with Crippen LogP contribution in [0.4, 0.5) is 10.1 Å². The maximum absolute atomic E-state index is 13.0. The fraction of sp³-hybridized carbons (Fsp3) is 0.333. The molecule has 0 saturated carbocycles. The van der Waals surface area contributed by atoms with Crippen LogP contribution in [0.15, 0.2) is 6.07 Å². The lowest BCUT2D eigenvalue weighted by atomic mass is 10.3. The lowest BCUT2D eigenvalue weighted by Crippen LogP contribution is -2.07. The van der Waals surface area contributed by atoms with Gasteiger partial charge in [0, 0.05) is 0 Å². The molecule has 0 aliphatic heterocycles. The van der Waals surface area contributed by atoms with E-state index in [1.807, 2.05) is 13.8 Å². The smallest absolute Gasteiger partial charge is 0.159 e. The number of rotatable bonds is 2. The van der Waals surface area contributed by atoms with Crippen molar-refractivity contribution in [2.45, 2.75) is 20.0 Å². The summed E-state index contributed by atoms with van der Waals surface area (Å²) in [6.07, 6.45) is -0.102. The Bertz CT molecular complexity index is 355. The third-order valence-corrected chi connectivity index (χ3v) is 2.17. The van der Waals surface area contributed by atoms with E-state index in [0.717, 1.165) is 6.07 Å². The quantitative estimate of drug-likeness (QED) is 0.800. The van der Waals surface area contributed by atoms with Gasteiger partial charge in [0.1, 0.15) is 10.8 Å². The second-order valence-corrected chi connectivity index (χ2v) is 3.85. The van der Waals surface area contributed by atoms with Gasteiger partial charge in [-0.3, -0.25) is 0 Å². The first-order valence-corrected chi connectivity index (χ1v) is 4.78. The van der Waals surface area contributed by atoms with Crippen molar-refractivity contribution >= 4 is 28.9 Å². The average Bonchev–Trinajstić information content (AvgIpc) is 2.09. The van der Waals surface area contributed by atoms with E-state index in [0.29, 0.717) is 0 Å². The van der Waals surface area contributed by atoms with Crippen molar-refractivity contribution in [3.63, 3.8) is 0 Å². The fourth-order valence-electron chi connectivity index (χ4n) is 0.930. The molecule has 0 aromatic heterocycles. The van der Waals surface area contributed by atoms with E-state index >= 15 is 0 Å². The summed E-state index contributed by atoms with van der Waals surface area (Å²) in [5.74, 6) is -0.418. The second kappa shape index (κ2) is 4.24. The van der Waals surface area contributed by atoms with Crippen molar-refractivity contribution in [1.29, 1.82) is 0 Å². The SMILES string of the molecule is CC(C)Oc1c(Cl)cc(F)c(N)c1Cl. The number of benzene rings is 1. The van der Waals surface area contributed by atoms with Gasteiger partial charge in [-0.2, -0.15) is 0 Å². The largest absolute Gasteiger partial charge is 0.488 e. The van der Waals surface area contributed by atoms with Gasteiger partial charge in [0.25, 0.3) is 0 Å². The zero-order valence-corrected chi connectivity index (χ0v) is 9.29. The van der Waals surface area contributed by atoms with Crippen molar-refractivity contribution in [3.05, 3.63) is 21.9 Å². The van der Waals surface area contributed by atoms with Crippen LogP contribution in [0.2, 0.25) is 10.0 Å². The first-order valence-electron chi connectivity index (χ1n) is 4.03. The highest BCUT2D eigenvalue weighted by molar-refractivity contribution is 6.38. The van der Waals surface area contributed by atoms with Gasteiger partial charge < -0.3 is 10.5 Å². The zero-order valence-electron chi connectivity index (χ0n) is 7.77. The topological polar surface area (TPSA) is 35.2 Å². The predicted octanol–water partition coefficient (Wildman–Crippen LogP) is 3.50. The number of nitrogen functional groups attached to an aromatic ring is 1. The molecule has 0 unspecified atom stereocenters. The molecule has 1 aromatic rings. The minimum atomic E-state index is -0.642. The summed E-state index contributed by atoms with van der Waals surface area (Å²) >= 11 is 11.5. The molecule has 0 saturated heterocycles. The maximum Gasteiger partial charge on any atom is 0.159 e. The third-order valence-electron chi connectivity index (χ3n) is 1.52. The molecule has 0 atom stereocenters.